The first-order valence-corrected chi connectivity index (χ1v) is 4.04. The van der Waals surface area contributed by atoms with E-state index in [1.807, 2.05) is 0 Å². The maximum Gasteiger partial charge on any atom is 0.131 e. The van der Waals surface area contributed by atoms with E-state index in [-0.39, 0.29) is 0 Å². The summed E-state index contributed by atoms with van der Waals surface area (Å²) in [5, 5.41) is 0. The van der Waals surface area contributed by atoms with Crippen LogP contribution in [0.25, 0.3) is 0 Å². The standard InChI is InChI=1S/C4H4Br2F2/c5-1-3(7)2(6)4(1)8/h1-4H. The van der Waals surface area contributed by atoms with E-state index in [9.17, 15) is 8.78 Å². The molecular formula is C4H4Br2F2. The highest BCUT2D eigenvalue weighted by molar-refractivity contribution is 9.10. The van der Waals surface area contributed by atoms with Gasteiger partial charge in [0.25, 0.3) is 0 Å². The number of hydrogen-bond acceptors (Lipinski definition) is 0. The van der Waals surface area contributed by atoms with Crippen LogP contribution in [-0.4, -0.2) is 22.0 Å². The van der Waals surface area contributed by atoms with Crippen LogP contribution < -0.4 is 0 Å². The summed E-state index contributed by atoms with van der Waals surface area (Å²) in [5.41, 5.74) is 0. The zero-order valence-electron chi connectivity index (χ0n) is 3.82. The molecule has 1 aliphatic carbocycles. The van der Waals surface area contributed by atoms with Crippen molar-refractivity contribution in [2.45, 2.75) is 22.0 Å². The molecule has 0 heterocycles. The zero-order valence-corrected chi connectivity index (χ0v) is 6.99. The third kappa shape index (κ3) is 0.817. The second-order valence-electron chi connectivity index (χ2n) is 1.78. The molecule has 0 aromatic heterocycles. The fourth-order valence-electron chi connectivity index (χ4n) is 0.557. The van der Waals surface area contributed by atoms with E-state index in [1.165, 1.54) is 0 Å². The number of halogens is 4. The number of hydrogen-bond donors (Lipinski definition) is 0. The van der Waals surface area contributed by atoms with Crippen LogP contribution in [0.5, 0.6) is 0 Å². The van der Waals surface area contributed by atoms with E-state index in [0.29, 0.717) is 0 Å². The van der Waals surface area contributed by atoms with E-state index in [0.717, 1.165) is 0 Å². The molecule has 48 valence electrons. The SMILES string of the molecule is FC1C(Br)C(F)C1Br. The van der Waals surface area contributed by atoms with Crippen molar-refractivity contribution >= 4 is 31.9 Å². The predicted molar refractivity (Wildman–Crippen MR) is 35.2 cm³/mol. The molecule has 0 radical (unpaired) electrons. The van der Waals surface area contributed by atoms with Crippen LogP contribution in [0.2, 0.25) is 0 Å². The van der Waals surface area contributed by atoms with Crippen LogP contribution in [0.4, 0.5) is 8.78 Å². The van der Waals surface area contributed by atoms with Gasteiger partial charge in [-0.2, -0.15) is 0 Å². The Labute approximate surface area is 62.9 Å². The van der Waals surface area contributed by atoms with Crippen molar-refractivity contribution in [1.82, 2.24) is 0 Å². The molecule has 0 unspecified atom stereocenters. The smallest absolute Gasteiger partial charge is 0.131 e. The van der Waals surface area contributed by atoms with Gasteiger partial charge in [0.2, 0.25) is 0 Å². The Morgan fingerprint density at radius 1 is 0.875 bits per heavy atom. The molecule has 0 N–H and O–H groups in total. The lowest BCUT2D eigenvalue weighted by molar-refractivity contribution is 0.120. The van der Waals surface area contributed by atoms with E-state index in [1.54, 1.807) is 0 Å². The fourth-order valence-corrected chi connectivity index (χ4v) is 2.69. The predicted octanol–water partition coefficient (Wildman–Crippen LogP) is 2.20. The first-order valence-electron chi connectivity index (χ1n) is 2.21. The second kappa shape index (κ2) is 2.21. The lowest BCUT2D eigenvalue weighted by Gasteiger charge is -2.35. The third-order valence-corrected chi connectivity index (χ3v) is 3.24. The van der Waals surface area contributed by atoms with Crippen LogP contribution in [0.1, 0.15) is 0 Å². The molecule has 0 spiro atoms. The second-order valence-corrected chi connectivity index (χ2v) is 3.89. The van der Waals surface area contributed by atoms with Crippen molar-refractivity contribution < 1.29 is 8.78 Å². The monoisotopic (exact) mass is 248 g/mol. The van der Waals surface area contributed by atoms with Crippen LogP contribution >= 0.6 is 31.9 Å². The fraction of sp³-hybridized carbons (Fsp3) is 1.00. The first kappa shape index (κ1) is 6.93. The summed E-state index contributed by atoms with van der Waals surface area (Å²) < 4.78 is 24.4. The molecule has 0 bridgehead atoms. The van der Waals surface area contributed by atoms with Crippen LogP contribution in [0.3, 0.4) is 0 Å². The van der Waals surface area contributed by atoms with Crippen molar-refractivity contribution in [3.63, 3.8) is 0 Å². The minimum Gasteiger partial charge on any atom is -0.245 e. The Kier molecular flexibility index (Phi) is 1.92. The van der Waals surface area contributed by atoms with Gasteiger partial charge in [-0.3, -0.25) is 0 Å². The van der Waals surface area contributed by atoms with Crippen molar-refractivity contribution in [3.05, 3.63) is 0 Å². The van der Waals surface area contributed by atoms with Gasteiger partial charge in [-0.1, -0.05) is 31.9 Å². The summed E-state index contributed by atoms with van der Waals surface area (Å²) in [7, 11) is 0. The summed E-state index contributed by atoms with van der Waals surface area (Å²) in [6.45, 7) is 0. The Morgan fingerprint density at radius 3 is 1.25 bits per heavy atom. The van der Waals surface area contributed by atoms with Crippen LogP contribution in [-0.2, 0) is 0 Å². The number of rotatable bonds is 0. The van der Waals surface area contributed by atoms with Crippen molar-refractivity contribution in [2.75, 3.05) is 0 Å². The van der Waals surface area contributed by atoms with Crippen molar-refractivity contribution in [3.8, 4) is 0 Å². The Hall–Kier alpha value is 0.820. The highest BCUT2D eigenvalue weighted by atomic mass is 79.9. The van der Waals surface area contributed by atoms with Gasteiger partial charge in [0.05, 0.1) is 9.65 Å². The minimum atomic E-state index is -1.06. The molecule has 0 atom stereocenters. The highest BCUT2D eigenvalue weighted by Crippen LogP contribution is 2.38. The maximum absolute atomic E-state index is 12.2. The average Bonchev–Trinajstić information content (AvgIpc) is 1.83. The highest BCUT2D eigenvalue weighted by Gasteiger charge is 2.49. The zero-order chi connectivity index (χ0) is 6.31. The molecule has 8 heavy (non-hydrogen) atoms. The molecule has 0 aromatic carbocycles. The Balaban J connectivity index is 2.42. The topological polar surface area (TPSA) is 0 Å². The maximum atomic E-state index is 12.2. The molecule has 1 fully saturated rings. The van der Waals surface area contributed by atoms with Gasteiger partial charge in [0.15, 0.2) is 0 Å². The summed E-state index contributed by atoms with van der Waals surface area (Å²) in [5.74, 6) is 0. The summed E-state index contributed by atoms with van der Waals surface area (Å²) in [4.78, 5) is -1.18. The first-order chi connectivity index (χ1) is 3.64. The van der Waals surface area contributed by atoms with E-state index in [2.05, 4.69) is 31.9 Å². The molecule has 1 rings (SSSR count). The van der Waals surface area contributed by atoms with Crippen molar-refractivity contribution in [1.29, 1.82) is 0 Å². The molecule has 4 heteroatoms. The van der Waals surface area contributed by atoms with Crippen LogP contribution in [0, 0.1) is 0 Å². The summed E-state index contributed by atoms with van der Waals surface area (Å²) in [6.07, 6.45) is -2.13. The number of alkyl halides is 4. The normalized spacial score (nSPS) is 55.5. The lowest BCUT2D eigenvalue weighted by atomic mass is 9.95. The molecular weight excluding hydrogens is 246 g/mol. The van der Waals surface area contributed by atoms with E-state index >= 15 is 0 Å². The average molecular weight is 250 g/mol. The van der Waals surface area contributed by atoms with Gasteiger partial charge < -0.3 is 0 Å². The van der Waals surface area contributed by atoms with Crippen molar-refractivity contribution in [2.24, 2.45) is 0 Å². The largest absolute Gasteiger partial charge is 0.245 e. The van der Waals surface area contributed by atoms with Gasteiger partial charge in [-0.05, 0) is 0 Å². The van der Waals surface area contributed by atoms with E-state index < -0.39 is 22.0 Å². The molecule has 0 aliphatic heterocycles. The Bertz CT molecular complexity index is 66.0. The quantitative estimate of drug-likeness (QED) is 0.578. The molecule has 1 aliphatic rings. The van der Waals surface area contributed by atoms with Gasteiger partial charge in [0, 0.05) is 0 Å². The summed E-state index contributed by atoms with van der Waals surface area (Å²) in [6, 6.07) is 0. The van der Waals surface area contributed by atoms with Crippen LogP contribution in [0.15, 0.2) is 0 Å². The lowest BCUT2D eigenvalue weighted by Crippen LogP contribution is -2.52. The van der Waals surface area contributed by atoms with Gasteiger partial charge in [0.1, 0.15) is 12.3 Å². The van der Waals surface area contributed by atoms with Gasteiger partial charge in [-0.25, -0.2) is 8.78 Å². The summed E-state index contributed by atoms with van der Waals surface area (Å²) >= 11 is 5.70. The van der Waals surface area contributed by atoms with Gasteiger partial charge in [-0.15, -0.1) is 0 Å². The minimum absolute atomic E-state index is 0.591. The molecule has 1 saturated carbocycles. The third-order valence-electron chi connectivity index (χ3n) is 1.22. The van der Waals surface area contributed by atoms with Gasteiger partial charge >= 0.3 is 0 Å². The molecule has 0 saturated heterocycles. The molecule has 0 nitrogen and oxygen atoms in total. The molecule has 0 amide bonds. The van der Waals surface area contributed by atoms with E-state index in [4.69, 9.17) is 0 Å². The Morgan fingerprint density at radius 2 is 1.12 bits per heavy atom. The molecule has 0 aromatic rings.